The number of rotatable bonds is 3. The Morgan fingerprint density at radius 1 is 1.54 bits per heavy atom. The number of alkyl halides is 1. The molecule has 24 heavy (non-hydrogen) atoms. The number of primary amides is 1. The maximum atomic E-state index is 14.6. The SMILES string of the molecule is Cc1nc(N)c2c(C(N)=O)cn([C@@H]3O[C@H](CO)[C@@H](O)[C@]3(O)F)c2n1. The third kappa shape index (κ3) is 2.21. The quantitative estimate of drug-likeness (QED) is 0.441. The third-order valence-corrected chi connectivity index (χ3v) is 3.93. The lowest BCUT2D eigenvalue weighted by molar-refractivity contribution is -0.194. The highest BCUT2D eigenvalue weighted by Gasteiger charge is 2.57. The first-order valence-electron chi connectivity index (χ1n) is 6.98. The van der Waals surface area contributed by atoms with Crippen molar-refractivity contribution in [1.82, 2.24) is 14.5 Å². The lowest BCUT2D eigenvalue weighted by Crippen LogP contribution is -2.43. The number of ether oxygens (including phenoxy) is 1. The summed E-state index contributed by atoms with van der Waals surface area (Å²) in [6, 6.07) is 0. The van der Waals surface area contributed by atoms with Crippen LogP contribution < -0.4 is 11.5 Å². The van der Waals surface area contributed by atoms with Crippen molar-refractivity contribution in [3.05, 3.63) is 17.6 Å². The molecule has 0 aliphatic carbocycles. The van der Waals surface area contributed by atoms with Gasteiger partial charge in [-0.2, -0.15) is 0 Å². The highest BCUT2D eigenvalue weighted by Crippen LogP contribution is 2.42. The summed E-state index contributed by atoms with van der Waals surface area (Å²) in [7, 11) is 0. The van der Waals surface area contributed by atoms with Crippen LogP contribution >= 0.6 is 0 Å². The van der Waals surface area contributed by atoms with E-state index in [1.165, 1.54) is 6.92 Å². The molecule has 3 heterocycles. The molecule has 0 unspecified atom stereocenters. The number of halogens is 1. The van der Waals surface area contributed by atoms with E-state index in [1.807, 2.05) is 0 Å². The molecule has 2 aromatic heterocycles. The van der Waals surface area contributed by atoms with Crippen LogP contribution in [0.1, 0.15) is 22.4 Å². The second-order valence-corrected chi connectivity index (χ2v) is 5.55. The van der Waals surface area contributed by atoms with E-state index in [0.29, 0.717) is 0 Å². The Morgan fingerprint density at radius 3 is 2.75 bits per heavy atom. The molecule has 0 aromatic carbocycles. The van der Waals surface area contributed by atoms with E-state index in [4.69, 9.17) is 21.3 Å². The molecule has 1 aliphatic heterocycles. The van der Waals surface area contributed by atoms with Crippen molar-refractivity contribution in [3.8, 4) is 0 Å². The molecular weight excluding hydrogens is 325 g/mol. The number of amides is 1. The van der Waals surface area contributed by atoms with Crippen molar-refractivity contribution in [3.63, 3.8) is 0 Å². The van der Waals surface area contributed by atoms with Gasteiger partial charge in [0, 0.05) is 6.20 Å². The van der Waals surface area contributed by atoms with Crippen LogP contribution in [-0.2, 0) is 4.74 Å². The van der Waals surface area contributed by atoms with Gasteiger partial charge in [-0.15, -0.1) is 0 Å². The number of aryl methyl sites for hydroxylation is 1. The Morgan fingerprint density at radius 2 is 2.21 bits per heavy atom. The number of anilines is 1. The summed E-state index contributed by atoms with van der Waals surface area (Å²) in [6.45, 7) is 0.807. The minimum atomic E-state index is -3.23. The van der Waals surface area contributed by atoms with Gasteiger partial charge in [-0.25, -0.2) is 14.4 Å². The molecule has 3 rings (SSSR count). The average molecular weight is 341 g/mol. The molecule has 0 saturated carbocycles. The first kappa shape index (κ1) is 16.5. The lowest BCUT2D eigenvalue weighted by atomic mass is 10.1. The van der Waals surface area contributed by atoms with Crippen LogP contribution in [-0.4, -0.2) is 60.4 Å². The van der Waals surface area contributed by atoms with E-state index in [-0.39, 0.29) is 28.2 Å². The fourth-order valence-corrected chi connectivity index (χ4v) is 2.80. The molecule has 7 N–H and O–H groups in total. The van der Waals surface area contributed by atoms with Crippen molar-refractivity contribution in [2.45, 2.75) is 31.2 Å². The van der Waals surface area contributed by atoms with Crippen molar-refractivity contribution in [2.24, 2.45) is 5.73 Å². The molecule has 1 amide bonds. The van der Waals surface area contributed by atoms with Crippen LogP contribution in [0.3, 0.4) is 0 Å². The lowest BCUT2D eigenvalue weighted by Gasteiger charge is -2.23. The van der Waals surface area contributed by atoms with Gasteiger partial charge < -0.3 is 31.5 Å². The monoisotopic (exact) mass is 341 g/mol. The van der Waals surface area contributed by atoms with E-state index in [0.717, 1.165) is 10.8 Å². The second-order valence-electron chi connectivity index (χ2n) is 5.55. The molecule has 10 nitrogen and oxygen atoms in total. The van der Waals surface area contributed by atoms with Gasteiger partial charge >= 0.3 is 0 Å². The van der Waals surface area contributed by atoms with Crippen LogP contribution in [0.5, 0.6) is 0 Å². The van der Waals surface area contributed by atoms with E-state index >= 15 is 0 Å². The number of hydrogen-bond donors (Lipinski definition) is 5. The van der Waals surface area contributed by atoms with E-state index in [2.05, 4.69) is 9.97 Å². The predicted molar refractivity (Wildman–Crippen MR) is 78.3 cm³/mol. The number of aliphatic hydroxyl groups excluding tert-OH is 2. The van der Waals surface area contributed by atoms with Crippen LogP contribution in [0.25, 0.3) is 11.0 Å². The third-order valence-electron chi connectivity index (χ3n) is 3.93. The number of nitrogens with two attached hydrogens (primary N) is 2. The van der Waals surface area contributed by atoms with E-state index in [9.17, 15) is 19.4 Å². The Kier molecular flexibility index (Phi) is 3.68. The number of carbonyl (C=O) groups excluding carboxylic acids is 1. The molecule has 130 valence electrons. The van der Waals surface area contributed by atoms with Crippen LogP contribution in [0, 0.1) is 6.92 Å². The first-order chi connectivity index (χ1) is 11.2. The number of fused-ring (bicyclic) bond motifs is 1. The molecule has 1 saturated heterocycles. The molecule has 0 bridgehead atoms. The van der Waals surface area contributed by atoms with Gasteiger partial charge in [0.2, 0.25) is 0 Å². The Bertz CT molecular complexity index is 823. The molecule has 1 fully saturated rings. The molecule has 2 aromatic rings. The minimum Gasteiger partial charge on any atom is -0.394 e. The summed E-state index contributed by atoms with van der Waals surface area (Å²) >= 11 is 0. The predicted octanol–water partition coefficient (Wildman–Crippen LogP) is -1.67. The summed E-state index contributed by atoms with van der Waals surface area (Å²) in [5, 5.41) is 28.9. The maximum Gasteiger partial charge on any atom is 0.281 e. The normalized spacial score (nSPS) is 30.1. The van der Waals surface area contributed by atoms with E-state index < -0.39 is 36.8 Å². The largest absolute Gasteiger partial charge is 0.394 e. The van der Waals surface area contributed by atoms with E-state index in [1.54, 1.807) is 0 Å². The zero-order valence-electron chi connectivity index (χ0n) is 12.5. The van der Waals surface area contributed by atoms with Crippen molar-refractivity contribution < 1.29 is 29.2 Å². The standard InChI is InChI=1S/C13H16FN5O5/c1-4-17-9(15)7-5(10(16)22)2-19(11(7)18-4)12-13(14,23)8(21)6(3-20)24-12/h2,6,8,12,20-21,23H,3H2,1H3,(H2,16,22)(H2,15,17,18)/t6-,8-,12-,13-/m1/s1. The van der Waals surface area contributed by atoms with Crippen LogP contribution in [0.15, 0.2) is 6.20 Å². The number of carbonyl (C=O) groups is 1. The number of nitrogens with zero attached hydrogens (tertiary/aromatic N) is 3. The average Bonchev–Trinajstić information content (AvgIpc) is 2.96. The summed E-state index contributed by atoms with van der Waals surface area (Å²) < 4.78 is 20.8. The van der Waals surface area contributed by atoms with Gasteiger partial charge in [0.05, 0.1) is 17.6 Å². The van der Waals surface area contributed by atoms with Crippen molar-refractivity contribution >= 4 is 22.8 Å². The zero-order valence-corrected chi connectivity index (χ0v) is 12.5. The van der Waals surface area contributed by atoms with Crippen LogP contribution in [0.2, 0.25) is 0 Å². The summed E-state index contributed by atoms with van der Waals surface area (Å²) in [6.07, 6.45) is -4.02. The molecule has 1 aliphatic rings. The van der Waals surface area contributed by atoms with Crippen molar-refractivity contribution in [2.75, 3.05) is 12.3 Å². The number of hydrogen-bond acceptors (Lipinski definition) is 8. The molecule has 4 atom stereocenters. The molecule has 0 spiro atoms. The molecule has 11 heteroatoms. The van der Waals surface area contributed by atoms with Gasteiger partial charge in [0.25, 0.3) is 11.8 Å². The fourth-order valence-electron chi connectivity index (χ4n) is 2.80. The van der Waals surface area contributed by atoms with Gasteiger partial charge in [0.15, 0.2) is 6.23 Å². The summed E-state index contributed by atoms with van der Waals surface area (Å²) in [5.41, 5.74) is 11.0. The summed E-state index contributed by atoms with van der Waals surface area (Å²) in [4.78, 5) is 19.7. The van der Waals surface area contributed by atoms with Crippen LogP contribution in [0.4, 0.5) is 10.2 Å². The Balaban J connectivity index is 2.25. The highest BCUT2D eigenvalue weighted by molar-refractivity contribution is 6.08. The number of aromatic nitrogens is 3. The molecule has 0 radical (unpaired) electrons. The topological polar surface area (TPSA) is 170 Å². The van der Waals surface area contributed by atoms with Gasteiger partial charge in [-0.1, -0.05) is 0 Å². The van der Waals surface area contributed by atoms with Gasteiger partial charge in [-0.05, 0) is 6.92 Å². The van der Waals surface area contributed by atoms with Gasteiger partial charge in [-0.3, -0.25) is 9.36 Å². The van der Waals surface area contributed by atoms with Gasteiger partial charge in [0.1, 0.15) is 29.5 Å². The molecular formula is C13H16FN5O5. The Hall–Kier alpha value is -2.34. The number of nitrogen functional groups attached to an aromatic ring is 1. The Labute approximate surface area is 134 Å². The summed E-state index contributed by atoms with van der Waals surface area (Å²) in [5.74, 6) is -3.92. The smallest absolute Gasteiger partial charge is 0.281 e. The first-order valence-corrected chi connectivity index (χ1v) is 6.98. The number of aliphatic hydroxyl groups is 3. The minimum absolute atomic E-state index is 0.000616. The zero-order chi connectivity index (χ0) is 17.8. The maximum absolute atomic E-state index is 14.6. The second kappa shape index (κ2) is 5.34. The van der Waals surface area contributed by atoms with Crippen molar-refractivity contribution in [1.29, 1.82) is 0 Å². The fraction of sp³-hybridized carbons (Fsp3) is 0.462. The highest BCUT2D eigenvalue weighted by atomic mass is 19.2.